The van der Waals surface area contributed by atoms with Crippen molar-refractivity contribution in [3.63, 3.8) is 0 Å². The summed E-state index contributed by atoms with van der Waals surface area (Å²) in [6.07, 6.45) is 1.97. The molecule has 0 saturated carbocycles. The van der Waals surface area contributed by atoms with Gasteiger partial charge in [-0.25, -0.2) is 14.0 Å². The summed E-state index contributed by atoms with van der Waals surface area (Å²) in [6.45, 7) is 9.63. The molecule has 3 aromatic rings. The summed E-state index contributed by atoms with van der Waals surface area (Å²) in [5.41, 5.74) is 17.5. The van der Waals surface area contributed by atoms with Gasteiger partial charge in [-0.1, -0.05) is 45.9 Å². The van der Waals surface area contributed by atoms with Gasteiger partial charge < -0.3 is 56.9 Å². The number of alkyl carbamates (subject to hydrolysis) is 2. The number of carbonyl (C=O) groups excluding carboxylic acids is 6. The number of ether oxygens (including phenoxy) is 2. The SMILES string of the molecule is COC(=O)N[C@H](C(=O)N1CCC[C@H]1C(=O)Nc1ccc(C2CC[C@H](c3ccc(NC(=O)[C@@H]4CCCN4C(=O)[C@@H](NC(=O)OC)C(C)C)c(N)c3)N2c2ccc(C)c(F)c2)cc1N)C(C)C. The molecule has 6 atom stereocenters. The van der Waals surface area contributed by atoms with E-state index in [1.165, 1.54) is 30.1 Å². The van der Waals surface area contributed by atoms with Crippen LogP contribution in [-0.4, -0.2) is 97.1 Å². The van der Waals surface area contributed by atoms with Crippen molar-refractivity contribution < 1.29 is 42.6 Å². The Labute approximate surface area is 379 Å². The molecule has 6 amide bonds. The molecule has 17 nitrogen and oxygen atoms in total. The van der Waals surface area contributed by atoms with E-state index in [9.17, 15) is 28.8 Å². The number of rotatable bonds is 13. The lowest BCUT2D eigenvalue weighted by Gasteiger charge is -2.34. The van der Waals surface area contributed by atoms with E-state index in [0.717, 1.165) is 11.1 Å². The van der Waals surface area contributed by atoms with Gasteiger partial charge in [0.05, 0.1) is 49.1 Å². The Morgan fingerprint density at radius 2 is 1.08 bits per heavy atom. The first kappa shape index (κ1) is 47.9. The lowest BCUT2D eigenvalue weighted by atomic mass is 10.0. The third-order valence-corrected chi connectivity index (χ3v) is 12.7. The number of carbonyl (C=O) groups is 6. The van der Waals surface area contributed by atoms with Crippen LogP contribution in [0.25, 0.3) is 0 Å². The molecule has 3 saturated heterocycles. The Bertz CT molecular complexity index is 2160. The van der Waals surface area contributed by atoms with Crippen molar-refractivity contribution in [3.8, 4) is 0 Å². The summed E-state index contributed by atoms with van der Waals surface area (Å²) in [4.78, 5) is 83.7. The highest BCUT2D eigenvalue weighted by molar-refractivity contribution is 6.01. The second kappa shape index (κ2) is 20.5. The summed E-state index contributed by atoms with van der Waals surface area (Å²) in [6, 6.07) is 12.1. The Kier molecular flexibility index (Phi) is 15.1. The first-order chi connectivity index (χ1) is 30.9. The Morgan fingerprint density at radius 3 is 1.45 bits per heavy atom. The Morgan fingerprint density at radius 1 is 0.646 bits per heavy atom. The van der Waals surface area contributed by atoms with Crippen molar-refractivity contribution in [1.82, 2.24) is 20.4 Å². The van der Waals surface area contributed by atoms with Gasteiger partial charge in [0.15, 0.2) is 0 Å². The van der Waals surface area contributed by atoms with Gasteiger partial charge in [-0.2, -0.15) is 0 Å². The third-order valence-electron chi connectivity index (χ3n) is 12.7. The summed E-state index contributed by atoms with van der Waals surface area (Å²) in [7, 11) is 2.45. The van der Waals surface area contributed by atoms with Crippen LogP contribution in [0.15, 0.2) is 54.6 Å². The molecule has 3 aromatic carbocycles. The molecule has 65 heavy (non-hydrogen) atoms. The molecule has 0 bridgehead atoms. The molecule has 3 fully saturated rings. The van der Waals surface area contributed by atoms with Crippen molar-refractivity contribution in [2.75, 3.05) is 54.3 Å². The lowest BCUT2D eigenvalue weighted by molar-refractivity contribution is -0.139. The van der Waals surface area contributed by atoms with E-state index in [-0.39, 0.29) is 41.6 Å². The zero-order valence-electron chi connectivity index (χ0n) is 38.1. The molecular weight excluding hydrogens is 838 g/mol. The molecule has 0 aliphatic carbocycles. The van der Waals surface area contributed by atoms with Crippen LogP contribution < -0.4 is 37.6 Å². The zero-order valence-corrected chi connectivity index (χ0v) is 38.1. The van der Waals surface area contributed by atoms with Crippen LogP contribution in [-0.2, 0) is 28.7 Å². The minimum atomic E-state index is -0.870. The molecule has 350 valence electrons. The highest BCUT2D eigenvalue weighted by atomic mass is 19.1. The predicted molar refractivity (Wildman–Crippen MR) is 245 cm³/mol. The number of anilines is 5. The van der Waals surface area contributed by atoms with Crippen LogP contribution in [0.3, 0.4) is 0 Å². The number of benzene rings is 3. The highest BCUT2D eigenvalue weighted by Crippen LogP contribution is 2.48. The minimum absolute atomic E-state index is 0.249. The smallest absolute Gasteiger partial charge is 0.407 e. The molecule has 3 heterocycles. The van der Waals surface area contributed by atoms with Gasteiger partial charge in [0.25, 0.3) is 0 Å². The average Bonchev–Trinajstić information content (AvgIpc) is 4.07. The largest absolute Gasteiger partial charge is 0.453 e. The molecule has 18 heteroatoms. The molecule has 6 rings (SSSR count). The van der Waals surface area contributed by atoms with Gasteiger partial charge >= 0.3 is 12.2 Å². The number of aryl methyl sites for hydroxylation is 1. The Hall–Kier alpha value is -6.59. The quantitative estimate of drug-likeness (QED) is 0.109. The maximum Gasteiger partial charge on any atom is 0.407 e. The van der Waals surface area contributed by atoms with Gasteiger partial charge in [-0.05, 0) is 110 Å². The van der Waals surface area contributed by atoms with Crippen LogP contribution >= 0.6 is 0 Å². The molecule has 8 N–H and O–H groups in total. The summed E-state index contributed by atoms with van der Waals surface area (Å²) < 4.78 is 24.7. The maximum absolute atomic E-state index is 15.2. The molecular formula is C47H62FN9O8. The van der Waals surface area contributed by atoms with E-state index in [1.54, 1.807) is 65.0 Å². The van der Waals surface area contributed by atoms with Crippen molar-refractivity contribution in [2.24, 2.45) is 11.8 Å². The number of nitrogens with one attached hydrogen (secondary N) is 4. The van der Waals surface area contributed by atoms with Gasteiger partial charge in [0.2, 0.25) is 23.6 Å². The normalized spacial score (nSPS) is 20.4. The predicted octanol–water partition coefficient (Wildman–Crippen LogP) is 6.00. The third kappa shape index (κ3) is 10.5. The standard InChI is InChI=1S/C47H62FN9O8/c1-25(2)40(53-46(62)64-6)44(60)55-20-8-10-38(55)42(58)51-34-16-13-28(22-32(34)49)36-18-19-37(57(36)30-15-12-27(5)31(48)24-30)29-14-17-35(33(50)23-29)52-43(59)39-11-9-21-56(39)45(61)41(26(3)4)54-47(63)65-7/h12-17,22-26,36-41H,8-11,18-21,49-50H2,1-7H3,(H,51,58)(H,52,59)(H,53,62)(H,54,63)/t36-,37?,38+,39+,40+,41+/m1/s1. The fourth-order valence-electron chi connectivity index (χ4n) is 9.17. The summed E-state index contributed by atoms with van der Waals surface area (Å²) >= 11 is 0. The number of likely N-dealkylation sites (tertiary alicyclic amines) is 2. The van der Waals surface area contributed by atoms with E-state index in [4.69, 9.17) is 20.9 Å². The number of methoxy groups -OCH3 is 2. The summed E-state index contributed by atoms with van der Waals surface area (Å²) in [5.74, 6) is -2.38. The number of nitrogens with zero attached hydrogens (tertiary/aromatic N) is 3. The van der Waals surface area contributed by atoms with Crippen LogP contribution in [0.2, 0.25) is 0 Å². The first-order valence-electron chi connectivity index (χ1n) is 22.2. The van der Waals surface area contributed by atoms with Gasteiger partial charge in [0.1, 0.15) is 30.0 Å². The fraction of sp³-hybridized carbons (Fsp3) is 0.489. The number of nitrogen functional groups attached to an aromatic ring is 2. The molecule has 3 aliphatic rings. The minimum Gasteiger partial charge on any atom is -0.453 e. The average molecular weight is 900 g/mol. The molecule has 1 unspecified atom stereocenters. The van der Waals surface area contributed by atoms with E-state index in [1.807, 2.05) is 18.2 Å². The fourth-order valence-corrected chi connectivity index (χ4v) is 9.17. The second-order valence-electron chi connectivity index (χ2n) is 17.7. The molecule has 0 spiro atoms. The number of nitrogens with two attached hydrogens (primary N) is 2. The molecule has 0 radical (unpaired) electrons. The van der Waals surface area contributed by atoms with Crippen LogP contribution in [0, 0.1) is 24.6 Å². The molecule has 0 aromatic heterocycles. The van der Waals surface area contributed by atoms with Crippen LogP contribution in [0.1, 0.15) is 95.0 Å². The van der Waals surface area contributed by atoms with E-state index < -0.39 is 48.2 Å². The second-order valence-corrected chi connectivity index (χ2v) is 17.7. The van der Waals surface area contributed by atoms with Crippen molar-refractivity contribution in [1.29, 1.82) is 0 Å². The van der Waals surface area contributed by atoms with Crippen molar-refractivity contribution in [3.05, 3.63) is 77.1 Å². The number of halogens is 1. The van der Waals surface area contributed by atoms with E-state index in [2.05, 4.69) is 26.2 Å². The monoisotopic (exact) mass is 899 g/mol. The van der Waals surface area contributed by atoms with Crippen molar-refractivity contribution in [2.45, 2.75) is 109 Å². The number of amides is 6. The lowest BCUT2D eigenvalue weighted by Crippen LogP contribution is -2.54. The topological polar surface area (TPSA) is 231 Å². The molecule has 3 aliphatic heterocycles. The van der Waals surface area contributed by atoms with E-state index in [0.29, 0.717) is 85.6 Å². The first-order valence-corrected chi connectivity index (χ1v) is 22.2. The van der Waals surface area contributed by atoms with Crippen LogP contribution in [0.4, 0.5) is 42.4 Å². The van der Waals surface area contributed by atoms with E-state index >= 15 is 4.39 Å². The maximum atomic E-state index is 15.2. The van der Waals surface area contributed by atoms with Gasteiger partial charge in [-0.15, -0.1) is 0 Å². The Balaban J connectivity index is 1.19. The number of hydrogen-bond donors (Lipinski definition) is 6. The van der Waals surface area contributed by atoms with Crippen molar-refractivity contribution >= 4 is 64.3 Å². The summed E-state index contributed by atoms with van der Waals surface area (Å²) in [5, 5.41) is 11.0. The van der Waals surface area contributed by atoms with Gasteiger partial charge in [0, 0.05) is 18.8 Å². The van der Waals surface area contributed by atoms with Gasteiger partial charge in [-0.3, -0.25) is 19.2 Å². The number of hydrogen-bond acceptors (Lipinski definition) is 11. The van der Waals surface area contributed by atoms with Crippen LogP contribution in [0.5, 0.6) is 0 Å². The highest BCUT2D eigenvalue weighted by Gasteiger charge is 2.41. The zero-order chi connectivity index (χ0) is 47.3.